The van der Waals surface area contributed by atoms with Gasteiger partial charge in [0.1, 0.15) is 18.0 Å². The number of amides is 2. The number of nitrogens with one attached hydrogen (secondary N) is 1. The third-order valence-corrected chi connectivity index (χ3v) is 6.94. The fraction of sp³-hybridized carbons (Fsp3) is 0.0800. The zero-order valence-corrected chi connectivity index (χ0v) is 22.4. The van der Waals surface area contributed by atoms with E-state index in [2.05, 4.69) is 21.2 Å². The van der Waals surface area contributed by atoms with Gasteiger partial charge in [-0.25, -0.2) is 4.39 Å². The highest BCUT2D eigenvalue weighted by Gasteiger charge is 2.36. The Morgan fingerprint density at radius 3 is 2.53 bits per heavy atom. The lowest BCUT2D eigenvalue weighted by Crippen LogP contribution is -2.54. The first-order valence-corrected chi connectivity index (χ1v) is 12.3. The van der Waals surface area contributed by atoms with Crippen molar-refractivity contribution in [3.63, 3.8) is 0 Å². The van der Waals surface area contributed by atoms with Crippen LogP contribution in [0.1, 0.15) is 11.1 Å². The van der Waals surface area contributed by atoms with Crippen molar-refractivity contribution in [2.75, 3.05) is 12.0 Å². The molecular weight excluding hydrogens is 594 g/mol. The van der Waals surface area contributed by atoms with E-state index in [4.69, 9.17) is 44.9 Å². The van der Waals surface area contributed by atoms with Crippen LogP contribution >= 0.6 is 51.3 Å². The first kappa shape index (κ1) is 26.1. The molecule has 0 spiro atoms. The van der Waals surface area contributed by atoms with E-state index < -0.39 is 11.8 Å². The summed E-state index contributed by atoms with van der Waals surface area (Å²) in [5.41, 5.74) is 1.30. The molecule has 11 heteroatoms. The fourth-order valence-electron chi connectivity index (χ4n) is 3.37. The molecule has 1 aliphatic heterocycles. The third kappa shape index (κ3) is 5.39. The molecule has 0 aliphatic carbocycles. The number of rotatable bonds is 6. The monoisotopic (exact) mass is 608 g/mol. The molecule has 0 saturated carbocycles. The second kappa shape index (κ2) is 11.0. The summed E-state index contributed by atoms with van der Waals surface area (Å²) in [5.74, 6) is -0.906. The van der Waals surface area contributed by atoms with Crippen LogP contribution in [-0.2, 0) is 16.2 Å². The maximum absolute atomic E-state index is 13.3. The van der Waals surface area contributed by atoms with Gasteiger partial charge >= 0.3 is 0 Å². The summed E-state index contributed by atoms with van der Waals surface area (Å²) in [6.07, 6.45) is 1.40. The Balaban J connectivity index is 1.66. The van der Waals surface area contributed by atoms with Crippen molar-refractivity contribution in [2.45, 2.75) is 6.61 Å². The minimum atomic E-state index is -0.671. The summed E-state index contributed by atoms with van der Waals surface area (Å²) < 4.78 is 25.0. The number of nitrogens with zero attached hydrogens (tertiary/aromatic N) is 1. The molecule has 1 N–H and O–H groups in total. The number of hydrogen-bond acceptors (Lipinski definition) is 5. The zero-order valence-electron chi connectivity index (χ0n) is 18.5. The summed E-state index contributed by atoms with van der Waals surface area (Å²) in [5, 5.41) is 2.74. The van der Waals surface area contributed by atoms with Gasteiger partial charge in [0, 0.05) is 4.47 Å². The largest absolute Gasteiger partial charge is 0.493 e. The number of anilines is 1. The minimum absolute atomic E-state index is 0.118. The Kier molecular flexibility index (Phi) is 7.94. The number of thiocarbonyl (C=S) groups is 1. The van der Waals surface area contributed by atoms with E-state index in [1.807, 2.05) is 0 Å². The number of ether oxygens (including phenoxy) is 2. The molecule has 1 fully saturated rings. The second-order valence-electron chi connectivity index (χ2n) is 7.47. The van der Waals surface area contributed by atoms with Crippen LogP contribution in [0, 0.1) is 5.82 Å². The van der Waals surface area contributed by atoms with Gasteiger partial charge in [0.15, 0.2) is 16.6 Å². The van der Waals surface area contributed by atoms with Crippen LogP contribution in [0.5, 0.6) is 11.5 Å². The fourth-order valence-corrected chi connectivity index (χ4v) is 4.46. The number of methoxy groups -OCH3 is 1. The summed E-state index contributed by atoms with van der Waals surface area (Å²) in [4.78, 5) is 27.1. The lowest BCUT2D eigenvalue weighted by molar-refractivity contribution is -0.122. The van der Waals surface area contributed by atoms with E-state index in [0.717, 1.165) is 10.5 Å². The molecule has 0 unspecified atom stereocenters. The Hall–Kier alpha value is -2.98. The van der Waals surface area contributed by atoms with E-state index in [9.17, 15) is 14.0 Å². The Morgan fingerprint density at radius 1 is 1.11 bits per heavy atom. The molecule has 0 bridgehead atoms. The van der Waals surface area contributed by atoms with Gasteiger partial charge in [-0.05, 0) is 65.8 Å². The van der Waals surface area contributed by atoms with Crippen molar-refractivity contribution in [1.82, 2.24) is 5.32 Å². The van der Waals surface area contributed by atoms with Gasteiger partial charge in [-0.3, -0.25) is 19.8 Å². The molecule has 0 aromatic heterocycles. The van der Waals surface area contributed by atoms with Crippen LogP contribution < -0.4 is 19.7 Å². The van der Waals surface area contributed by atoms with Crippen molar-refractivity contribution in [1.29, 1.82) is 0 Å². The molecule has 4 rings (SSSR count). The second-order valence-corrected chi connectivity index (χ2v) is 9.50. The van der Waals surface area contributed by atoms with E-state index in [1.54, 1.807) is 42.5 Å². The first-order valence-electron chi connectivity index (χ1n) is 10.3. The SMILES string of the molecule is COc1cc(/C=C2\C(=O)NC(=S)N(c3cccc(Cl)c3Cl)C2=O)c(Br)cc1OCc1ccc(F)cc1. The number of halogens is 4. The van der Waals surface area contributed by atoms with Gasteiger partial charge in [0.05, 0.1) is 22.8 Å². The number of carbonyl (C=O) groups is 2. The summed E-state index contributed by atoms with van der Waals surface area (Å²) in [6.45, 7) is 0.178. The highest BCUT2D eigenvalue weighted by Crippen LogP contribution is 2.37. The Labute approximate surface area is 229 Å². The molecule has 3 aromatic rings. The molecule has 36 heavy (non-hydrogen) atoms. The average molecular weight is 610 g/mol. The predicted octanol–water partition coefficient (Wildman–Crippen LogP) is 6.31. The van der Waals surface area contributed by atoms with Gasteiger partial charge in [0.2, 0.25) is 0 Å². The highest BCUT2D eigenvalue weighted by molar-refractivity contribution is 9.10. The van der Waals surface area contributed by atoms with Crippen molar-refractivity contribution in [2.24, 2.45) is 0 Å². The zero-order chi connectivity index (χ0) is 26.0. The van der Waals surface area contributed by atoms with Crippen molar-refractivity contribution in [3.8, 4) is 11.5 Å². The summed E-state index contributed by atoms with van der Waals surface area (Å²) >= 11 is 21.1. The Bertz CT molecular complexity index is 1420. The quantitative estimate of drug-likeness (QED) is 0.201. The smallest absolute Gasteiger partial charge is 0.270 e. The molecule has 1 aliphatic rings. The number of carbonyl (C=O) groups excluding carboxylic acids is 2. The number of benzene rings is 3. The standard InChI is InChI=1S/C25H16BrCl2FN2O4S/c1-34-20-10-14(17(26)11-21(20)35-12-13-5-7-15(29)8-6-13)9-16-23(32)30-25(36)31(24(16)33)19-4-2-3-18(27)22(19)28/h2-11H,12H2,1H3,(H,30,32,36)/b16-9+. The van der Waals surface area contributed by atoms with E-state index >= 15 is 0 Å². The van der Waals surface area contributed by atoms with Gasteiger partial charge in [-0.1, -0.05) is 57.3 Å². The molecular formula is C25H16BrCl2FN2O4S. The van der Waals surface area contributed by atoms with E-state index in [-0.39, 0.29) is 38.8 Å². The van der Waals surface area contributed by atoms with Crippen molar-refractivity contribution >= 4 is 80.0 Å². The first-order chi connectivity index (χ1) is 17.2. The van der Waals surface area contributed by atoms with Crippen LogP contribution in [-0.4, -0.2) is 24.0 Å². The average Bonchev–Trinajstić information content (AvgIpc) is 2.84. The van der Waals surface area contributed by atoms with Crippen LogP contribution in [0.2, 0.25) is 10.0 Å². The highest BCUT2D eigenvalue weighted by atomic mass is 79.9. The summed E-state index contributed by atoms with van der Waals surface area (Å²) in [6, 6.07) is 13.9. The molecule has 2 amide bonds. The Morgan fingerprint density at radius 2 is 1.83 bits per heavy atom. The lowest BCUT2D eigenvalue weighted by Gasteiger charge is -2.29. The van der Waals surface area contributed by atoms with E-state index in [1.165, 1.54) is 25.3 Å². The molecule has 3 aromatic carbocycles. The number of hydrogen-bond donors (Lipinski definition) is 1. The van der Waals surface area contributed by atoms with Crippen LogP contribution in [0.4, 0.5) is 10.1 Å². The van der Waals surface area contributed by atoms with Gasteiger partial charge in [-0.2, -0.15) is 0 Å². The van der Waals surface area contributed by atoms with Gasteiger partial charge in [0.25, 0.3) is 11.8 Å². The minimum Gasteiger partial charge on any atom is -0.493 e. The molecule has 184 valence electrons. The normalized spacial score (nSPS) is 14.8. The van der Waals surface area contributed by atoms with Crippen molar-refractivity contribution < 1.29 is 23.5 Å². The maximum atomic E-state index is 13.3. The molecule has 1 heterocycles. The third-order valence-electron chi connectivity index (χ3n) is 5.16. The molecule has 6 nitrogen and oxygen atoms in total. The van der Waals surface area contributed by atoms with Crippen LogP contribution in [0.3, 0.4) is 0 Å². The van der Waals surface area contributed by atoms with Crippen LogP contribution in [0.15, 0.2) is 64.6 Å². The van der Waals surface area contributed by atoms with Gasteiger partial charge in [-0.15, -0.1) is 0 Å². The molecule has 0 radical (unpaired) electrons. The maximum Gasteiger partial charge on any atom is 0.270 e. The van der Waals surface area contributed by atoms with Crippen molar-refractivity contribution in [3.05, 3.63) is 91.6 Å². The topological polar surface area (TPSA) is 67.9 Å². The molecule has 1 saturated heterocycles. The summed E-state index contributed by atoms with van der Waals surface area (Å²) in [7, 11) is 1.46. The lowest BCUT2D eigenvalue weighted by atomic mass is 10.1. The predicted molar refractivity (Wildman–Crippen MR) is 144 cm³/mol. The van der Waals surface area contributed by atoms with E-state index in [0.29, 0.717) is 21.5 Å². The molecule has 0 atom stereocenters. The van der Waals surface area contributed by atoms with Crippen LogP contribution in [0.25, 0.3) is 6.08 Å². The van der Waals surface area contributed by atoms with Gasteiger partial charge < -0.3 is 9.47 Å².